The lowest BCUT2D eigenvalue weighted by Crippen LogP contribution is -2.45. The van der Waals surface area contributed by atoms with Gasteiger partial charge in [-0.3, -0.25) is 4.79 Å². The molecular weight excluding hydrogens is 283 g/mol. The number of carbonyl (C=O) groups excluding carboxylic acids is 1. The van der Waals surface area contributed by atoms with Crippen molar-refractivity contribution in [2.45, 2.75) is 30.7 Å². The van der Waals surface area contributed by atoms with Crippen LogP contribution >= 0.6 is 0 Å². The van der Waals surface area contributed by atoms with Gasteiger partial charge >= 0.3 is 0 Å². The van der Waals surface area contributed by atoms with Crippen LogP contribution in [0, 0.1) is 5.82 Å². The normalized spacial score (nSPS) is 17.2. The second kappa shape index (κ2) is 5.88. The number of benzene rings is 1. The van der Waals surface area contributed by atoms with E-state index < -0.39 is 21.9 Å². The van der Waals surface area contributed by atoms with Gasteiger partial charge in [0.1, 0.15) is 5.82 Å². The molecule has 5 nitrogen and oxygen atoms in total. The first kappa shape index (κ1) is 14.9. The van der Waals surface area contributed by atoms with Crippen molar-refractivity contribution in [2.75, 3.05) is 13.1 Å². The second-order valence-electron chi connectivity index (χ2n) is 4.83. The molecule has 1 aromatic carbocycles. The maximum absolute atomic E-state index is 13.1. The molecule has 1 heterocycles. The highest BCUT2D eigenvalue weighted by Crippen LogP contribution is 2.13. The van der Waals surface area contributed by atoms with E-state index in [-0.39, 0.29) is 10.8 Å². The van der Waals surface area contributed by atoms with Gasteiger partial charge in [-0.1, -0.05) is 6.07 Å². The van der Waals surface area contributed by atoms with Gasteiger partial charge in [0.25, 0.3) is 0 Å². The lowest BCUT2D eigenvalue weighted by Gasteiger charge is -2.21. The van der Waals surface area contributed by atoms with Crippen LogP contribution < -0.4 is 4.72 Å². The quantitative estimate of drug-likeness (QED) is 0.906. The Hall–Kier alpha value is -1.47. The maximum atomic E-state index is 13.1. The number of likely N-dealkylation sites (tertiary alicyclic amines) is 1. The van der Waals surface area contributed by atoms with E-state index in [1.165, 1.54) is 19.1 Å². The van der Waals surface area contributed by atoms with Crippen LogP contribution in [0.5, 0.6) is 0 Å². The molecule has 0 unspecified atom stereocenters. The third-order valence-electron chi connectivity index (χ3n) is 3.23. The Labute approximate surface area is 117 Å². The summed E-state index contributed by atoms with van der Waals surface area (Å²) < 4.78 is 39.5. The number of carbonyl (C=O) groups is 1. The van der Waals surface area contributed by atoms with E-state index >= 15 is 0 Å². The third-order valence-corrected chi connectivity index (χ3v) is 4.76. The van der Waals surface area contributed by atoms with Crippen molar-refractivity contribution in [3.8, 4) is 0 Å². The van der Waals surface area contributed by atoms with Crippen LogP contribution in [0.4, 0.5) is 4.39 Å². The van der Waals surface area contributed by atoms with Crippen molar-refractivity contribution in [1.29, 1.82) is 0 Å². The third kappa shape index (κ3) is 3.34. The summed E-state index contributed by atoms with van der Waals surface area (Å²) in [4.78, 5) is 13.5. The zero-order valence-corrected chi connectivity index (χ0v) is 12.0. The first-order valence-corrected chi connectivity index (χ1v) is 7.95. The summed E-state index contributed by atoms with van der Waals surface area (Å²) in [5.41, 5.74) is 0. The topological polar surface area (TPSA) is 66.5 Å². The molecule has 110 valence electrons. The van der Waals surface area contributed by atoms with Crippen molar-refractivity contribution in [2.24, 2.45) is 0 Å². The minimum atomic E-state index is -3.89. The van der Waals surface area contributed by atoms with Crippen LogP contribution in [0.2, 0.25) is 0 Å². The molecule has 0 aliphatic carbocycles. The number of nitrogens with zero attached hydrogens (tertiary/aromatic N) is 1. The molecule has 0 aromatic heterocycles. The Kier molecular flexibility index (Phi) is 4.39. The van der Waals surface area contributed by atoms with Gasteiger partial charge in [0.2, 0.25) is 15.9 Å². The number of sulfonamides is 1. The molecule has 0 radical (unpaired) electrons. The van der Waals surface area contributed by atoms with Gasteiger partial charge in [0.05, 0.1) is 10.9 Å². The van der Waals surface area contributed by atoms with E-state index in [1.807, 2.05) is 0 Å². The van der Waals surface area contributed by atoms with Gasteiger partial charge < -0.3 is 4.90 Å². The predicted molar refractivity (Wildman–Crippen MR) is 72.0 cm³/mol. The molecule has 1 aliphatic heterocycles. The largest absolute Gasteiger partial charge is 0.341 e. The van der Waals surface area contributed by atoms with Crippen LogP contribution in [0.25, 0.3) is 0 Å². The molecule has 2 rings (SSSR count). The fraction of sp³-hybridized carbons (Fsp3) is 0.462. The first-order valence-electron chi connectivity index (χ1n) is 6.47. The molecule has 7 heteroatoms. The van der Waals surface area contributed by atoms with Gasteiger partial charge in [0, 0.05) is 13.1 Å². The van der Waals surface area contributed by atoms with Crippen molar-refractivity contribution < 1.29 is 17.6 Å². The van der Waals surface area contributed by atoms with Crippen molar-refractivity contribution in [3.63, 3.8) is 0 Å². The molecule has 1 atom stereocenters. The standard InChI is InChI=1S/C13H17FN2O3S/c1-10(13(17)16-7-2-3-8-16)15-20(18,19)12-6-4-5-11(14)9-12/h4-6,9-10,15H,2-3,7-8H2,1H3/t10-/m1/s1. The highest BCUT2D eigenvalue weighted by atomic mass is 32.2. The molecule has 1 amide bonds. The number of hydrogen-bond donors (Lipinski definition) is 1. The zero-order valence-electron chi connectivity index (χ0n) is 11.2. The van der Waals surface area contributed by atoms with Crippen molar-refractivity contribution in [1.82, 2.24) is 9.62 Å². The summed E-state index contributed by atoms with van der Waals surface area (Å²) in [6, 6.07) is 3.84. The Balaban J connectivity index is 2.09. The summed E-state index contributed by atoms with van der Waals surface area (Å²) in [6.45, 7) is 2.81. The highest BCUT2D eigenvalue weighted by Gasteiger charge is 2.27. The Morgan fingerprint density at radius 2 is 2.00 bits per heavy atom. The van der Waals surface area contributed by atoms with Crippen LogP contribution in [-0.2, 0) is 14.8 Å². The number of hydrogen-bond acceptors (Lipinski definition) is 3. The fourth-order valence-electron chi connectivity index (χ4n) is 2.20. The summed E-state index contributed by atoms with van der Waals surface area (Å²) >= 11 is 0. The molecular formula is C13H17FN2O3S. The molecule has 0 spiro atoms. The van der Waals surface area contributed by atoms with Gasteiger partial charge in [-0.25, -0.2) is 12.8 Å². The summed E-state index contributed by atoms with van der Waals surface area (Å²) in [5, 5.41) is 0. The molecule has 20 heavy (non-hydrogen) atoms. The average molecular weight is 300 g/mol. The lowest BCUT2D eigenvalue weighted by molar-refractivity contribution is -0.131. The fourth-order valence-corrected chi connectivity index (χ4v) is 3.42. The van der Waals surface area contributed by atoms with E-state index in [0.717, 1.165) is 25.0 Å². The first-order chi connectivity index (χ1) is 9.40. The molecule has 1 saturated heterocycles. The van der Waals surface area contributed by atoms with E-state index in [0.29, 0.717) is 13.1 Å². The summed E-state index contributed by atoms with van der Waals surface area (Å²) in [6.07, 6.45) is 1.88. The van der Waals surface area contributed by atoms with Crippen molar-refractivity contribution >= 4 is 15.9 Å². The highest BCUT2D eigenvalue weighted by molar-refractivity contribution is 7.89. The number of amides is 1. The second-order valence-corrected chi connectivity index (χ2v) is 6.55. The molecule has 0 bridgehead atoms. The van der Waals surface area contributed by atoms with Crippen LogP contribution in [-0.4, -0.2) is 38.4 Å². The molecule has 0 saturated carbocycles. The molecule has 1 N–H and O–H groups in total. The van der Waals surface area contributed by atoms with Crippen LogP contribution in [0.3, 0.4) is 0 Å². The summed E-state index contributed by atoms with van der Waals surface area (Å²) in [7, 11) is -3.89. The minimum absolute atomic E-state index is 0.182. The van der Waals surface area contributed by atoms with Crippen LogP contribution in [0.15, 0.2) is 29.2 Å². The Morgan fingerprint density at radius 3 is 2.60 bits per heavy atom. The predicted octanol–water partition coefficient (Wildman–Crippen LogP) is 1.11. The maximum Gasteiger partial charge on any atom is 0.241 e. The minimum Gasteiger partial charge on any atom is -0.341 e. The Morgan fingerprint density at radius 1 is 1.35 bits per heavy atom. The smallest absolute Gasteiger partial charge is 0.241 e. The molecule has 1 aromatic rings. The van der Waals surface area contributed by atoms with E-state index in [1.54, 1.807) is 4.90 Å². The van der Waals surface area contributed by atoms with Gasteiger partial charge in [-0.15, -0.1) is 0 Å². The van der Waals surface area contributed by atoms with E-state index in [9.17, 15) is 17.6 Å². The Bertz CT molecular complexity index is 597. The van der Waals surface area contributed by atoms with Gasteiger partial charge in [-0.05, 0) is 38.0 Å². The van der Waals surface area contributed by atoms with Gasteiger partial charge in [-0.2, -0.15) is 4.72 Å². The molecule has 1 aliphatic rings. The lowest BCUT2D eigenvalue weighted by atomic mass is 10.3. The van der Waals surface area contributed by atoms with Crippen LogP contribution in [0.1, 0.15) is 19.8 Å². The summed E-state index contributed by atoms with van der Waals surface area (Å²) in [5.74, 6) is -0.881. The number of nitrogens with one attached hydrogen (secondary N) is 1. The SMILES string of the molecule is C[C@@H](NS(=O)(=O)c1cccc(F)c1)C(=O)N1CCCC1. The van der Waals surface area contributed by atoms with Gasteiger partial charge in [0.15, 0.2) is 0 Å². The van der Waals surface area contributed by atoms with E-state index in [2.05, 4.69) is 4.72 Å². The number of halogens is 1. The number of rotatable bonds is 4. The monoisotopic (exact) mass is 300 g/mol. The molecule has 1 fully saturated rings. The average Bonchev–Trinajstić information content (AvgIpc) is 2.91. The van der Waals surface area contributed by atoms with E-state index in [4.69, 9.17) is 0 Å². The zero-order chi connectivity index (χ0) is 14.8. The van der Waals surface area contributed by atoms with Crippen molar-refractivity contribution in [3.05, 3.63) is 30.1 Å².